The van der Waals surface area contributed by atoms with E-state index >= 15 is 0 Å². The molecule has 0 unspecified atom stereocenters. The molecule has 0 aliphatic carbocycles. The predicted octanol–water partition coefficient (Wildman–Crippen LogP) is 14.1. The molecule has 0 aliphatic heterocycles. The fraction of sp³-hybridized carbons (Fsp3) is 0. The highest BCUT2D eigenvalue weighted by Crippen LogP contribution is 2.43. The SMILES string of the molecule is c1ccc(-c2nc(-c3cccc4oc5ccccc5c34)nc(-c3cccc4c3c3ccccc3n4-c3cccc4c5ccccc5n(-c5ccc6ccccc6c5)c34)n2)cc1. The molecule has 13 aromatic rings. The molecule has 4 heterocycles. The van der Waals surface area contributed by atoms with Crippen molar-refractivity contribution in [2.75, 3.05) is 0 Å². The maximum atomic E-state index is 6.32. The molecule has 0 saturated heterocycles. The van der Waals surface area contributed by atoms with E-state index in [9.17, 15) is 0 Å². The van der Waals surface area contributed by atoms with Crippen LogP contribution >= 0.6 is 0 Å². The molecule has 61 heavy (non-hydrogen) atoms. The highest BCUT2D eigenvalue weighted by atomic mass is 16.3. The van der Waals surface area contributed by atoms with Gasteiger partial charge in [0.05, 0.1) is 27.8 Å². The number of furan rings is 1. The fourth-order valence-corrected chi connectivity index (χ4v) is 9.52. The van der Waals surface area contributed by atoms with Crippen LogP contribution in [0.3, 0.4) is 0 Å². The Hall–Kier alpha value is -8.35. The third kappa shape index (κ3) is 5.06. The largest absolute Gasteiger partial charge is 0.456 e. The van der Waals surface area contributed by atoms with Crippen LogP contribution in [0.1, 0.15) is 0 Å². The zero-order valence-corrected chi connectivity index (χ0v) is 32.7. The lowest BCUT2D eigenvalue weighted by Crippen LogP contribution is -2.01. The summed E-state index contributed by atoms with van der Waals surface area (Å²) in [5, 5.41) is 9.02. The molecule has 0 radical (unpaired) electrons. The van der Waals surface area contributed by atoms with E-state index in [1.165, 1.54) is 21.5 Å². The van der Waals surface area contributed by atoms with Crippen LogP contribution in [0.5, 0.6) is 0 Å². The number of aromatic nitrogens is 5. The van der Waals surface area contributed by atoms with Gasteiger partial charge in [-0.15, -0.1) is 0 Å². The molecule has 6 nitrogen and oxygen atoms in total. The van der Waals surface area contributed by atoms with E-state index in [1.54, 1.807) is 0 Å². The predicted molar refractivity (Wildman–Crippen MR) is 250 cm³/mol. The van der Waals surface area contributed by atoms with Gasteiger partial charge in [-0.2, -0.15) is 0 Å². The quantitative estimate of drug-likeness (QED) is 0.175. The zero-order chi connectivity index (χ0) is 40.0. The molecule has 284 valence electrons. The molecule has 13 rings (SSSR count). The first-order valence-corrected chi connectivity index (χ1v) is 20.5. The Bertz CT molecular complexity index is 3890. The summed E-state index contributed by atoms with van der Waals surface area (Å²) in [4.78, 5) is 15.8. The molecule has 9 aromatic carbocycles. The van der Waals surface area contributed by atoms with Gasteiger partial charge in [0.2, 0.25) is 0 Å². The van der Waals surface area contributed by atoms with Crippen molar-refractivity contribution in [1.82, 2.24) is 24.1 Å². The minimum atomic E-state index is 0.589. The van der Waals surface area contributed by atoms with Crippen LogP contribution in [0.25, 0.3) is 122 Å². The summed E-state index contributed by atoms with van der Waals surface area (Å²) in [5.74, 6) is 1.80. The van der Waals surface area contributed by atoms with Gasteiger partial charge >= 0.3 is 0 Å². The van der Waals surface area contributed by atoms with E-state index in [-0.39, 0.29) is 0 Å². The van der Waals surface area contributed by atoms with Crippen molar-refractivity contribution in [1.29, 1.82) is 0 Å². The minimum absolute atomic E-state index is 0.589. The normalized spacial score (nSPS) is 11.9. The Balaban J connectivity index is 1.10. The van der Waals surface area contributed by atoms with E-state index < -0.39 is 0 Å². The van der Waals surface area contributed by atoms with E-state index in [1.807, 2.05) is 48.5 Å². The van der Waals surface area contributed by atoms with Crippen molar-refractivity contribution >= 4 is 76.3 Å². The smallest absolute Gasteiger partial charge is 0.164 e. The summed E-state index contributed by atoms with van der Waals surface area (Å²) in [6, 6.07) is 70.3. The Kier molecular flexibility index (Phi) is 7.21. The maximum Gasteiger partial charge on any atom is 0.164 e. The highest BCUT2D eigenvalue weighted by molar-refractivity contribution is 6.18. The molecule has 0 bridgehead atoms. The summed E-state index contributed by atoms with van der Waals surface area (Å²) >= 11 is 0. The monoisotopic (exact) mass is 779 g/mol. The van der Waals surface area contributed by atoms with Crippen molar-refractivity contribution in [2.45, 2.75) is 0 Å². The Labute approximate surface area is 349 Å². The third-order valence-corrected chi connectivity index (χ3v) is 12.2. The molecule has 6 heteroatoms. The lowest BCUT2D eigenvalue weighted by molar-refractivity contribution is 0.669. The minimum Gasteiger partial charge on any atom is -0.456 e. The molecule has 4 aromatic heterocycles. The van der Waals surface area contributed by atoms with Crippen LogP contribution in [-0.4, -0.2) is 24.1 Å². The van der Waals surface area contributed by atoms with Gasteiger partial charge in [-0.1, -0.05) is 152 Å². The first-order valence-electron chi connectivity index (χ1n) is 20.5. The first kappa shape index (κ1) is 33.6. The van der Waals surface area contributed by atoms with Gasteiger partial charge in [0.15, 0.2) is 17.5 Å². The van der Waals surface area contributed by atoms with E-state index in [4.69, 9.17) is 19.4 Å². The Morgan fingerprint density at radius 3 is 1.79 bits per heavy atom. The molecule has 0 aliphatic rings. The van der Waals surface area contributed by atoms with Crippen molar-refractivity contribution < 1.29 is 4.42 Å². The molecule has 0 fully saturated rings. The van der Waals surface area contributed by atoms with E-state index in [0.29, 0.717) is 17.5 Å². The standard InChI is InChI=1S/C55H33N5O/c1-2-16-35(17-3-1)53-56-54(58-55(57-53)43-24-14-30-49-51(43)41-21-8-11-29-48(41)61-49)42-23-13-27-46-50(42)40-20-7-10-26-45(40)60(46)47-28-12-22-39-38-19-6-9-25-44(38)59(52(39)47)37-32-31-34-15-4-5-18-36(34)33-37/h1-33H. The highest BCUT2D eigenvalue weighted by Gasteiger charge is 2.24. The summed E-state index contributed by atoms with van der Waals surface area (Å²) < 4.78 is 11.2. The lowest BCUT2D eigenvalue weighted by atomic mass is 10.0. The topological polar surface area (TPSA) is 61.7 Å². The maximum absolute atomic E-state index is 6.32. The number of hydrogen-bond acceptors (Lipinski definition) is 4. The molecule has 0 saturated carbocycles. The van der Waals surface area contributed by atoms with Crippen LogP contribution < -0.4 is 0 Å². The van der Waals surface area contributed by atoms with Crippen molar-refractivity contribution in [3.8, 4) is 45.5 Å². The molecule has 0 amide bonds. The second-order valence-electron chi connectivity index (χ2n) is 15.6. The van der Waals surface area contributed by atoms with Gasteiger partial charge < -0.3 is 13.6 Å². The summed E-state index contributed by atoms with van der Waals surface area (Å²) in [7, 11) is 0. The Morgan fingerprint density at radius 2 is 0.951 bits per heavy atom. The average Bonchev–Trinajstić information content (AvgIpc) is 4.00. The van der Waals surface area contributed by atoms with Gasteiger partial charge in [0, 0.05) is 54.7 Å². The zero-order valence-electron chi connectivity index (χ0n) is 32.7. The third-order valence-electron chi connectivity index (χ3n) is 12.2. The second kappa shape index (κ2) is 13.1. The number of rotatable bonds is 5. The molecular formula is C55H33N5O. The number of nitrogens with zero attached hydrogens (tertiary/aromatic N) is 5. The van der Waals surface area contributed by atoms with Crippen molar-refractivity contribution in [3.63, 3.8) is 0 Å². The summed E-state index contributed by atoms with van der Waals surface area (Å²) in [6.45, 7) is 0. The van der Waals surface area contributed by atoms with Crippen LogP contribution in [0.2, 0.25) is 0 Å². The van der Waals surface area contributed by atoms with Crippen LogP contribution in [0.4, 0.5) is 0 Å². The van der Waals surface area contributed by atoms with E-state index in [2.05, 4.69) is 161 Å². The van der Waals surface area contributed by atoms with Crippen molar-refractivity contribution in [3.05, 3.63) is 200 Å². The summed E-state index contributed by atoms with van der Waals surface area (Å²) in [5.41, 5.74) is 11.0. The molecule has 0 N–H and O–H groups in total. The van der Waals surface area contributed by atoms with Crippen LogP contribution in [0.15, 0.2) is 205 Å². The number of para-hydroxylation sites is 4. The van der Waals surface area contributed by atoms with Gasteiger partial charge in [-0.05, 0) is 59.3 Å². The number of benzene rings is 9. The number of hydrogen-bond donors (Lipinski definition) is 0. The Morgan fingerprint density at radius 1 is 0.361 bits per heavy atom. The van der Waals surface area contributed by atoms with Crippen LogP contribution in [-0.2, 0) is 0 Å². The van der Waals surface area contributed by atoms with Crippen LogP contribution in [0, 0.1) is 0 Å². The summed E-state index contributed by atoms with van der Waals surface area (Å²) in [6.07, 6.45) is 0. The molecular weight excluding hydrogens is 747 g/mol. The van der Waals surface area contributed by atoms with Gasteiger partial charge in [0.1, 0.15) is 11.2 Å². The molecule has 0 spiro atoms. The average molecular weight is 780 g/mol. The second-order valence-corrected chi connectivity index (χ2v) is 15.6. The van der Waals surface area contributed by atoms with Gasteiger partial charge in [-0.3, -0.25) is 0 Å². The fourth-order valence-electron chi connectivity index (χ4n) is 9.52. The first-order chi connectivity index (χ1) is 30.3. The van der Waals surface area contributed by atoms with Crippen molar-refractivity contribution in [2.24, 2.45) is 0 Å². The van der Waals surface area contributed by atoms with Gasteiger partial charge in [-0.25, -0.2) is 15.0 Å². The van der Waals surface area contributed by atoms with Gasteiger partial charge in [0.25, 0.3) is 0 Å². The molecule has 0 atom stereocenters. The van der Waals surface area contributed by atoms with E-state index in [0.717, 1.165) is 82.8 Å². The lowest BCUT2D eigenvalue weighted by Gasteiger charge is -2.15. The number of fused-ring (bicyclic) bond motifs is 10.